The summed E-state index contributed by atoms with van der Waals surface area (Å²) in [7, 11) is 0. The first-order valence-electron chi connectivity index (χ1n) is 6.11. The SMILES string of the molecule is N=C(N)c1ccc(CNC(=O)[C@@H]2CCCN2)cc1. The quantitative estimate of drug-likeness (QED) is 0.456. The molecule has 5 heteroatoms. The number of carbonyl (C=O) groups is 1. The second-order valence-electron chi connectivity index (χ2n) is 4.48. The minimum Gasteiger partial charge on any atom is -0.384 e. The van der Waals surface area contributed by atoms with Crippen molar-refractivity contribution < 1.29 is 4.79 Å². The summed E-state index contributed by atoms with van der Waals surface area (Å²) in [6, 6.07) is 7.29. The van der Waals surface area contributed by atoms with Crippen molar-refractivity contribution in [3.63, 3.8) is 0 Å². The maximum atomic E-state index is 11.8. The topological polar surface area (TPSA) is 91.0 Å². The third kappa shape index (κ3) is 3.07. The molecular weight excluding hydrogens is 228 g/mol. The summed E-state index contributed by atoms with van der Waals surface area (Å²) >= 11 is 0. The van der Waals surface area contributed by atoms with E-state index in [-0.39, 0.29) is 17.8 Å². The van der Waals surface area contributed by atoms with Crippen molar-refractivity contribution in [2.45, 2.75) is 25.4 Å². The lowest BCUT2D eigenvalue weighted by Crippen LogP contribution is -2.39. The molecule has 1 atom stereocenters. The molecule has 5 N–H and O–H groups in total. The van der Waals surface area contributed by atoms with E-state index in [1.54, 1.807) is 12.1 Å². The van der Waals surface area contributed by atoms with Crippen LogP contribution in [0.3, 0.4) is 0 Å². The van der Waals surface area contributed by atoms with E-state index < -0.39 is 0 Å². The molecule has 1 aliphatic heterocycles. The van der Waals surface area contributed by atoms with E-state index in [4.69, 9.17) is 11.1 Å². The van der Waals surface area contributed by atoms with Gasteiger partial charge in [0.25, 0.3) is 0 Å². The highest BCUT2D eigenvalue weighted by atomic mass is 16.2. The Labute approximate surface area is 106 Å². The van der Waals surface area contributed by atoms with Crippen LogP contribution in [0.5, 0.6) is 0 Å². The Morgan fingerprint density at radius 2 is 2.17 bits per heavy atom. The van der Waals surface area contributed by atoms with Crippen LogP contribution in [0.4, 0.5) is 0 Å². The molecule has 1 aromatic rings. The van der Waals surface area contributed by atoms with Crippen LogP contribution in [0, 0.1) is 5.41 Å². The molecule has 5 nitrogen and oxygen atoms in total. The molecule has 0 radical (unpaired) electrons. The van der Waals surface area contributed by atoms with Crippen LogP contribution < -0.4 is 16.4 Å². The highest BCUT2D eigenvalue weighted by Gasteiger charge is 2.21. The fourth-order valence-electron chi connectivity index (χ4n) is 2.02. The van der Waals surface area contributed by atoms with Gasteiger partial charge in [-0.25, -0.2) is 0 Å². The number of nitrogens with two attached hydrogens (primary N) is 1. The zero-order valence-corrected chi connectivity index (χ0v) is 10.2. The van der Waals surface area contributed by atoms with Crippen LogP contribution in [0.15, 0.2) is 24.3 Å². The van der Waals surface area contributed by atoms with Gasteiger partial charge in [-0.05, 0) is 24.9 Å². The van der Waals surface area contributed by atoms with E-state index in [2.05, 4.69) is 10.6 Å². The Morgan fingerprint density at radius 1 is 1.44 bits per heavy atom. The second kappa shape index (κ2) is 5.64. The van der Waals surface area contributed by atoms with E-state index in [0.29, 0.717) is 12.1 Å². The summed E-state index contributed by atoms with van der Waals surface area (Å²) in [6.07, 6.45) is 1.97. The smallest absolute Gasteiger partial charge is 0.237 e. The van der Waals surface area contributed by atoms with Gasteiger partial charge >= 0.3 is 0 Å². The lowest BCUT2D eigenvalue weighted by Gasteiger charge is -2.11. The number of rotatable bonds is 4. The molecule has 1 amide bonds. The fraction of sp³-hybridized carbons (Fsp3) is 0.385. The van der Waals surface area contributed by atoms with Crippen molar-refractivity contribution in [2.75, 3.05) is 6.54 Å². The summed E-state index contributed by atoms with van der Waals surface area (Å²) in [5.41, 5.74) is 7.08. The number of benzene rings is 1. The number of amidine groups is 1. The maximum absolute atomic E-state index is 11.8. The average Bonchev–Trinajstić information content (AvgIpc) is 2.90. The Hall–Kier alpha value is -1.88. The normalized spacial score (nSPS) is 18.6. The first-order valence-corrected chi connectivity index (χ1v) is 6.11. The molecule has 96 valence electrons. The third-order valence-electron chi connectivity index (χ3n) is 3.11. The number of hydrogen-bond donors (Lipinski definition) is 4. The average molecular weight is 246 g/mol. The fourth-order valence-corrected chi connectivity index (χ4v) is 2.02. The first-order chi connectivity index (χ1) is 8.66. The van der Waals surface area contributed by atoms with Crippen molar-refractivity contribution in [3.05, 3.63) is 35.4 Å². The van der Waals surface area contributed by atoms with Gasteiger partial charge < -0.3 is 16.4 Å². The van der Waals surface area contributed by atoms with E-state index in [0.717, 1.165) is 24.9 Å². The standard InChI is InChI=1S/C13H18N4O/c14-12(15)10-5-3-9(4-6-10)8-17-13(18)11-2-1-7-16-11/h3-6,11,16H,1-2,7-8H2,(H3,14,15)(H,17,18)/t11-/m0/s1. The molecular formula is C13H18N4O. The lowest BCUT2D eigenvalue weighted by molar-refractivity contribution is -0.122. The van der Waals surface area contributed by atoms with Crippen molar-refractivity contribution in [2.24, 2.45) is 5.73 Å². The van der Waals surface area contributed by atoms with Gasteiger partial charge in [0.1, 0.15) is 5.84 Å². The molecule has 0 aromatic heterocycles. The van der Waals surface area contributed by atoms with Gasteiger partial charge in [0, 0.05) is 12.1 Å². The Bertz CT molecular complexity index is 435. The predicted octanol–water partition coefficient (Wildman–Crippen LogP) is 0.339. The van der Waals surface area contributed by atoms with Crippen LogP contribution in [0.1, 0.15) is 24.0 Å². The second-order valence-corrected chi connectivity index (χ2v) is 4.48. The molecule has 0 aliphatic carbocycles. The highest BCUT2D eigenvalue weighted by molar-refractivity contribution is 5.94. The number of hydrogen-bond acceptors (Lipinski definition) is 3. The molecule has 1 heterocycles. The Morgan fingerprint density at radius 3 is 2.72 bits per heavy atom. The molecule has 0 unspecified atom stereocenters. The molecule has 0 spiro atoms. The number of nitrogen functional groups attached to an aromatic ring is 1. The largest absolute Gasteiger partial charge is 0.384 e. The summed E-state index contributed by atoms with van der Waals surface area (Å²) in [5.74, 6) is 0.115. The van der Waals surface area contributed by atoms with Crippen molar-refractivity contribution in [1.29, 1.82) is 5.41 Å². The zero-order valence-electron chi connectivity index (χ0n) is 10.2. The van der Waals surface area contributed by atoms with Gasteiger partial charge in [-0.15, -0.1) is 0 Å². The molecule has 1 saturated heterocycles. The molecule has 1 aromatic carbocycles. The molecule has 0 bridgehead atoms. The van der Waals surface area contributed by atoms with Gasteiger partial charge in [0.05, 0.1) is 6.04 Å². The van der Waals surface area contributed by atoms with Crippen molar-refractivity contribution in [3.8, 4) is 0 Å². The predicted molar refractivity (Wildman–Crippen MR) is 70.3 cm³/mol. The molecule has 18 heavy (non-hydrogen) atoms. The van der Waals surface area contributed by atoms with Crippen molar-refractivity contribution in [1.82, 2.24) is 10.6 Å². The van der Waals surface area contributed by atoms with Crippen LogP contribution in [0.25, 0.3) is 0 Å². The third-order valence-corrected chi connectivity index (χ3v) is 3.11. The highest BCUT2D eigenvalue weighted by Crippen LogP contribution is 2.06. The summed E-state index contributed by atoms with van der Waals surface area (Å²) < 4.78 is 0. The Kier molecular flexibility index (Phi) is 3.94. The number of carbonyl (C=O) groups excluding carboxylic acids is 1. The van der Waals surface area contributed by atoms with E-state index in [1.807, 2.05) is 12.1 Å². The summed E-state index contributed by atoms with van der Waals surface area (Å²) in [4.78, 5) is 11.8. The summed E-state index contributed by atoms with van der Waals surface area (Å²) in [6.45, 7) is 1.43. The number of nitrogens with one attached hydrogen (secondary N) is 3. The molecule has 1 aliphatic rings. The van der Waals surface area contributed by atoms with Crippen LogP contribution >= 0.6 is 0 Å². The van der Waals surface area contributed by atoms with E-state index >= 15 is 0 Å². The van der Waals surface area contributed by atoms with Gasteiger partial charge in [-0.3, -0.25) is 10.2 Å². The number of amides is 1. The van der Waals surface area contributed by atoms with Gasteiger partial charge in [-0.1, -0.05) is 24.3 Å². The lowest BCUT2D eigenvalue weighted by atomic mass is 10.1. The van der Waals surface area contributed by atoms with Gasteiger partial charge in [0.2, 0.25) is 5.91 Å². The minimum absolute atomic E-state index is 0.0403. The van der Waals surface area contributed by atoms with Crippen LogP contribution in [-0.4, -0.2) is 24.3 Å². The summed E-state index contributed by atoms with van der Waals surface area (Å²) in [5, 5.41) is 13.4. The van der Waals surface area contributed by atoms with Crippen LogP contribution in [-0.2, 0) is 11.3 Å². The van der Waals surface area contributed by atoms with Gasteiger partial charge in [-0.2, -0.15) is 0 Å². The molecule has 1 fully saturated rings. The van der Waals surface area contributed by atoms with E-state index in [9.17, 15) is 4.79 Å². The molecule has 2 rings (SSSR count). The Balaban J connectivity index is 1.86. The zero-order chi connectivity index (χ0) is 13.0. The van der Waals surface area contributed by atoms with Gasteiger partial charge in [0.15, 0.2) is 0 Å². The van der Waals surface area contributed by atoms with Crippen molar-refractivity contribution >= 4 is 11.7 Å². The maximum Gasteiger partial charge on any atom is 0.237 e. The van der Waals surface area contributed by atoms with Crippen LogP contribution in [0.2, 0.25) is 0 Å². The first kappa shape index (κ1) is 12.6. The monoisotopic (exact) mass is 246 g/mol. The molecule has 0 saturated carbocycles. The minimum atomic E-state index is -0.0403. The van der Waals surface area contributed by atoms with E-state index in [1.165, 1.54) is 0 Å².